The minimum Gasteiger partial charge on any atom is -0.383 e. The SMILES string of the molecule is NC(=NC(=NCC1=CCCC=C1)c1ccc(-c2ccc3c(c2)c2c(c4ccccc43)CCC=C2)c2sc3c(-c4ccccc4)cc(-c4ccccc4)cc3c12)c1ccccc1. The van der Waals surface area contributed by atoms with Gasteiger partial charge >= 0.3 is 0 Å². The van der Waals surface area contributed by atoms with Crippen LogP contribution in [0, 0.1) is 0 Å². The second kappa shape index (κ2) is 15.8. The van der Waals surface area contributed by atoms with E-state index in [9.17, 15) is 0 Å². The van der Waals surface area contributed by atoms with Gasteiger partial charge in [0.15, 0.2) is 5.84 Å². The number of thiophene rings is 1. The maximum atomic E-state index is 6.88. The van der Waals surface area contributed by atoms with Crippen LogP contribution < -0.4 is 5.73 Å². The third kappa shape index (κ3) is 6.79. The standard InChI is InChI=1S/C57H43N3S/c58-56(40-23-11-4-12-24-40)60-57(59-36-37-17-5-1-6-18-37)49-32-31-43(41-29-30-48-46-27-14-13-25-44(46)45-26-15-16-28-47(45)51(48)33-41)55-53(49)52-35-42(38-19-7-2-8-20-38)34-50(54(52)61-55)39-21-9-3-10-22-39/h2-5,7-14,16-25,27-35H,1,6,15,26,36H2,(H2,58,59,60). The third-order valence-corrected chi connectivity index (χ3v) is 13.5. The van der Waals surface area contributed by atoms with E-state index in [-0.39, 0.29) is 0 Å². The lowest BCUT2D eigenvalue weighted by molar-refractivity contribution is 0.995. The van der Waals surface area contributed by atoms with Gasteiger partial charge in [0.25, 0.3) is 0 Å². The van der Waals surface area contributed by atoms with E-state index in [4.69, 9.17) is 15.7 Å². The first-order valence-corrected chi connectivity index (χ1v) is 22.1. The summed E-state index contributed by atoms with van der Waals surface area (Å²) >= 11 is 1.87. The van der Waals surface area contributed by atoms with E-state index in [2.05, 4.69) is 158 Å². The zero-order valence-corrected chi connectivity index (χ0v) is 34.6. The van der Waals surface area contributed by atoms with Crippen molar-refractivity contribution in [2.24, 2.45) is 15.7 Å². The molecule has 0 saturated carbocycles. The zero-order chi connectivity index (χ0) is 40.7. The van der Waals surface area contributed by atoms with Crippen LogP contribution in [0.5, 0.6) is 0 Å². The molecule has 0 atom stereocenters. The summed E-state index contributed by atoms with van der Waals surface area (Å²) in [5.41, 5.74) is 19.8. The van der Waals surface area contributed by atoms with Crippen molar-refractivity contribution in [3.05, 3.63) is 210 Å². The quantitative estimate of drug-likeness (QED) is 0.0974. The van der Waals surface area contributed by atoms with E-state index in [0.717, 1.165) is 42.2 Å². The van der Waals surface area contributed by atoms with Crippen LogP contribution in [-0.4, -0.2) is 18.2 Å². The number of amidine groups is 2. The molecule has 8 aromatic carbocycles. The monoisotopic (exact) mass is 801 g/mol. The number of aliphatic imine (C=N–C) groups is 2. The highest BCUT2D eigenvalue weighted by Crippen LogP contribution is 2.48. The Balaban J connectivity index is 1.22. The fraction of sp³-hybridized carbons (Fsp3) is 0.0877. The van der Waals surface area contributed by atoms with Crippen LogP contribution in [0.25, 0.3) is 81.2 Å². The molecule has 0 radical (unpaired) electrons. The summed E-state index contributed by atoms with van der Waals surface area (Å²) in [5.74, 6) is 1.08. The lowest BCUT2D eigenvalue weighted by atomic mass is 9.85. The normalized spacial score (nSPS) is 14.3. The number of rotatable bonds is 7. The zero-order valence-electron chi connectivity index (χ0n) is 33.8. The molecule has 9 aromatic rings. The highest BCUT2D eigenvalue weighted by molar-refractivity contribution is 7.27. The van der Waals surface area contributed by atoms with Crippen LogP contribution >= 0.6 is 11.3 Å². The Morgan fingerprint density at radius 3 is 2.03 bits per heavy atom. The number of nitrogens with zero attached hydrogens (tertiary/aromatic N) is 2. The molecule has 0 aliphatic heterocycles. The predicted octanol–water partition coefficient (Wildman–Crippen LogP) is 14.7. The van der Waals surface area contributed by atoms with Crippen molar-refractivity contribution in [1.29, 1.82) is 0 Å². The second-order valence-electron chi connectivity index (χ2n) is 16.0. The molecule has 0 unspecified atom stereocenters. The van der Waals surface area contributed by atoms with Crippen molar-refractivity contribution < 1.29 is 0 Å². The molecule has 0 bridgehead atoms. The molecule has 4 heteroatoms. The van der Waals surface area contributed by atoms with Gasteiger partial charge in [-0.3, -0.25) is 4.99 Å². The highest BCUT2D eigenvalue weighted by atomic mass is 32.1. The molecular formula is C57H43N3S. The first-order valence-electron chi connectivity index (χ1n) is 21.3. The highest BCUT2D eigenvalue weighted by Gasteiger charge is 2.23. The molecule has 0 amide bonds. The van der Waals surface area contributed by atoms with Gasteiger partial charge in [-0.2, -0.15) is 0 Å². The van der Waals surface area contributed by atoms with Gasteiger partial charge in [-0.25, -0.2) is 4.99 Å². The summed E-state index contributed by atoms with van der Waals surface area (Å²) in [5, 5.41) is 7.60. The van der Waals surface area contributed by atoms with Crippen LogP contribution in [0.4, 0.5) is 0 Å². The Hall–Kier alpha value is -7.14. The second-order valence-corrected chi connectivity index (χ2v) is 17.0. The Bertz CT molecular complexity index is 3310. The average molecular weight is 802 g/mol. The number of hydrogen-bond donors (Lipinski definition) is 1. The number of aryl methyl sites for hydroxylation is 1. The molecule has 3 nitrogen and oxygen atoms in total. The van der Waals surface area contributed by atoms with E-state index in [1.165, 1.54) is 86.4 Å². The van der Waals surface area contributed by atoms with Crippen LogP contribution in [0.2, 0.25) is 0 Å². The maximum Gasteiger partial charge on any atom is 0.158 e. The summed E-state index contributed by atoms with van der Waals surface area (Å²) in [6.07, 6.45) is 15.6. The molecule has 2 N–H and O–H groups in total. The van der Waals surface area contributed by atoms with Crippen molar-refractivity contribution in [2.75, 3.05) is 6.54 Å². The van der Waals surface area contributed by atoms with E-state index in [1.807, 2.05) is 41.7 Å². The minimum atomic E-state index is 0.443. The van der Waals surface area contributed by atoms with Crippen molar-refractivity contribution >= 4 is 70.8 Å². The fourth-order valence-electron chi connectivity index (χ4n) is 9.29. The summed E-state index contributed by atoms with van der Waals surface area (Å²) in [7, 11) is 0. The molecule has 292 valence electrons. The summed E-state index contributed by atoms with van der Waals surface area (Å²) in [6.45, 7) is 0.518. The molecule has 2 aliphatic rings. The summed E-state index contributed by atoms with van der Waals surface area (Å²) < 4.78 is 2.44. The molecule has 1 heterocycles. The van der Waals surface area contributed by atoms with E-state index in [1.54, 1.807) is 0 Å². The van der Waals surface area contributed by atoms with Crippen LogP contribution in [-0.2, 0) is 6.42 Å². The Kier molecular flexibility index (Phi) is 9.56. The van der Waals surface area contributed by atoms with E-state index >= 15 is 0 Å². The lowest BCUT2D eigenvalue weighted by Gasteiger charge is -2.19. The van der Waals surface area contributed by atoms with Crippen LogP contribution in [0.1, 0.15) is 41.5 Å². The average Bonchev–Trinajstić information content (AvgIpc) is 3.73. The smallest absolute Gasteiger partial charge is 0.158 e. The first kappa shape index (κ1) is 36.9. The van der Waals surface area contributed by atoms with Gasteiger partial charge < -0.3 is 5.73 Å². The van der Waals surface area contributed by atoms with Crippen molar-refractivity contribution in [1.82, 2.24) is 0 Å². The number of nitrogens with two attached hydrogens (primary N) is 1. The number of benzene rings is 8. The molecule has 1 aromatic heterocycles. The fourth-order valence-corrected chi connectivity index (χ4v) is 10.7. The first-order chi connectivity index (χ1) is 30.2. The van der Waals surface area contributed by atoms with Gasteiger partial charge in [-0.15, -0.1) is 11.3 Å². The summed E-state index contributed by atoms with van der Waals surface area (Å²) in [6, 6.07) is 56.9. The number of hydrogen-bond acceptors (Lipinski definition) is 2. The molecule has 61 heavy (non-hydrogen) atoms. The van der Waals surface area contributed by atoms with Gasteiger partial charge in [-0.05, 0) is 116 Å². The van der Waals surface area contributed by atoms with Crippen LogP contribution in [0.15, 0.2) is 198 Å². The molecule has 2 aliphatic carbocycles. The molecular weight excluding hydrogens is 759 g/mol. The molecule has 0 saturated heterocycles. The number of allylic oxidation sites excluding steroid dienone is 3. The van der Waals surface area contributed by atoms with Gasteiger partial charge in [-0.1, -0.05) is 164 Å². The molecule has 0 spiro atoms. The maximum absolute atomic E-state index is 6.88. The Morgan fingerprint density at radius 1 is 0.541 bits per heavy atom. The Morgan fingerprint density at radius 2 is 1.25 bits per heavy atom. The van der Waals surface area contributed by atoms with E-state index in [0.29, 0.717) is 18.2 Å². The third-order valence-electron chi connectivity index (χ3n) is 12.3. The molecule has 0 fully saturated rings. The van der Waals surface area contributed by atoms with Crippen molar-refractivity contribution in [3.8, 4) is 33.4 Å². The molecule has 11 rings (SSSR count). The summed E-state index contributed by atoms with van der Waals surface area (Å²) in [4.78, 5) is 10.5. The number of fused-ring (bicyclic) bond motifs is 9. The van der Waals surface area contributed by atoms with Gasteiger partial charge in [0.2, 0.25) is 0 Å². The lowest BCUT2D eigenvalue weighted by Crippen LogP contribution is -2.16. The van der Waals surface area contributed by atoms with Crippen molar-refractivity contribution in [2.45, 2.75) is 25.7 Å². The topological polar surface area (TPSA) is 50.7 Å². The van der Waals surface area contributed by atoms with Crippen molar-refractivity contribution in [3.63, 3.8) is 0 Å². The van der Waals surface area contributed by atoms with Gasteiger partial charge in [0, 0.05) is 36.9 Å². The van der Waals surface area contributed by atoms with Crippen LogP contribution in [0.3, 0.4) is 0 Å². The minimum absolute atomic E-state index is 0.443. The van der Waals surface area contributed by atoms with Gasteiger partial charge in [0.05, 0.1) is 6.54 Å². The predicted molar refractivity (Wildman–Crippen MR) is 263 cm³/mol. The Labute approximate surface area is 360 Å². The van der Waals surface area contributed by atoms with Gasteiger partial charge in [0.1, 0.15) is 5.84 Å². The largest absolute Gasteiger partial charge is 0.383 e. The van der Waals surface area contributed by atoms with E-state index < -0.39 is 0 Å².